The van der Waals surface area contributed by atoms with Crippen molar-refractivity contribution in [3.05, 3.63) is 65.9 Å². The molecular formula is C18H13ClN4S2. The molecule has 25 heavy (non-hydrogen) atoms. The molecule has 0 aliphatic rings. The van der Waals surface area contributed by atoms with Crippen molar-refractivity contribution >= 4 is 56.7 Å². The van der Waals surface area contributed by atoms with Gasteiger partial charge in [-0.3, -0.25) is 0 Å². The number of anilines is 2. The van der Waals surface area contributed by atoms with Gasteiger partial charge in [-0.15, -0.1) is 0 Å². The van der Waals surface area contributed by atoms with Crippen molar-refractivity contribution in [3.63, 3.8) is 0 Å². The lowest BCUT2D eigenvalue weighted by molar-refractivity contribution is 1.33. The van der Waals surface area contributed by atoms with Crippen molar-refractivity contribution in [1.29, 1.82) is 0 Å². The molecular weight excluding hydrogens is 372 g/mol. The second-order valence-electron chi connectivity index (χ2n) is 5.37. The van der Waals surface area contributed by atoms with Crippen molar-refractivity contribution in [3.8, 4) is 11.1 Å². The number of hydrogen-bond donors (Lipinski definition) is 2. The third kappa shape index (κ3) is 3.42. The average molecular weight is 385 g/mol. The van der Waals surface area contributed by atoms with E-state index >= 15 is 0 Å². The molecule has 0 aliphatic carbocycles. The molecule has 1 heterocycles. The van der Waals surface area contributed by atoms with Crippen molar-refractivity contribution in [2.75, 3.05) is 10.5 Å². The van der Waals surface area contributed by atoms with E-state index in [1.807, 2.05) is 18.2 Å². The number of nitrogens with two attached hydrogens (primary N) is 1. The molecule has 3 N–H and O–H groups in total. The Morgan fingerprint density at radius 1 is 1.04 bits per heavy atom. The van der Waals surface area contributed by atoms with Gasteiger partial charge in [0.25, 0.3) is 0 Å². The maximum Gasteiger partial charge on any atom is 0.212 e. The largest absolute Gasteiger partial charge is 0.398 e. The molecule has 0 saturated heterocycles. The molecule has 1 aromatic heterocycles. The first kappa shape index (κ1) is 16.2. The van der Waals surface area contributed by atoms with Crippen molar-refractivity contribution in [1.82, 2.24) is 9.36 Å². The maximum atomic E-state index is 6.17. The lowest BCUT2D eigenvalue weighted by atomic mass is 9.97. The molecule has 0 amide bonds. The molecule has 0 atom stereocenters. The molecule has 0 fully saturated rings. The summed E-state index contributed by atoms with van der Waals surface area (Å²) < 4.78 is 7.17. The van der Waals surface area contributed by atoms with Gasteiger partial charge in [0.05, 0.1) is 0 Å². The van der Waals surface area contributed by atoms with Crippen LogP contribution in [-0.2, 0) is 0 Å². The van der Waals surface area contributed by atoms with Gasteiger partial charge in [0.2, 0.25) is 5.13 Å². The van der Waals surface area contributed by atoms with E-state index in [2.05, 4.69) is 44.4 Å². The monoisotopic (exact) mass is 384 g/mol. The van der Waals surface area contributed by atoms with Gasteiger partial charge >= 0.3 is 0 Å². The summed E-state index contributed by atoms with van der Waals surface area (Å²) in [6.45, 7) is 0. The van der Waals surface area contributed by atoms with Gasteiger partial charge in [-0.25, -0.2) is 4.98 Å². The third-order valence-corrected chi connectivity index (χ3v) is 5.50. The van der Waals surface area contributed by atoms with E-state index in [1.54, 1.807) is 6.07 Å². The first-order valence-electron chi connectivity index (χ1n) is 7.48. The first-order chi connectivity index (χ1) is 12.2. The van der Waals surface area contributed by atoms with Gasteiger partial charge in [0, 0.05) is 32.7 Å². The van der Waals surface area contributed by atoms with Crippen LogP contribution in [0.3, 0.4) is 0 Å². The predicted octanol–water partition coefficient (Wildman–Crippen LogP) is 5.71. The van der Waals surface area contributed by atoms with Crippen LogP contribution in [0.4, 0.5) is 10.8 Å². The smallest absolute Gasteiger partial charge is 0.212 e. The van der Waals surface area contributed by atoms with Crippen LogP contribution < -0.4 is 10.5 Å². The highest BCUT2D eigenvalue weighted by molar-refractivity contribution is 8.00. The molecule has 0 spiro atoms. The normalized spacial score (nSPS) is 10.9. The maximum absolute atomic E-state index is 6.17. The first-order valence-corrected chi connectivity index (χ1v) is 9.45. The van der Waals surface area contributed by atoms with Crippen LogP contribution in [0.1, 0.15) is 0 Å². The number of hydrogen-bond acceptors (Lipinski definition) is 6. The van der Waals surface area contributed by atoms with Crippen LogP contribution in [0.2, 0.25) is 5.02 Å². The van der Waals surface area contributed by atoms with E-state index in [0.717, 1.165) is 31.9 Å². The Morgan fingerprint density at radius 3 is 2.76 bits per heavy atom. The fourth-order valence-electron chi connectivity index (χ4n) is 2.66. The minimum absolute atomic E-state index is 0.642. The number of nitrogens with zero attached hydrogens (tertiary/aromatic N) is 2. The number of fused-ring (bicyclic) bond motifs is 1. The van der Waals surface area contributed by atoms with E-state index < -0.39 is 0 Å². The second kappa shape index (κ2) is 6.92. The van der Waals surface area contributed by atoms with E-state index in [-0.39, 0.29) is 0 Å². The number of nitrogens with one attached hydrogen (secondary N) is 1. The van der Waals surface area contributed by atoms with Crippen molar-refractivity contribution in [2.24, 2.45) is 0 Å². The topological polar surface area (TPSA) is 63.8 Å². The Labute approximate surface area is 158 Å². The van der Waals surface area contributed by atoms with Crippen LogP contribution in [-0.4, -0.2) is 9.36 Å². The zero-order chi connectivity index (χ0) is 17.2. The number of benzene rings is 3. The minimum Gasteiger partial charge on any atom is -0.398 e. The summed E-state index contributed by atoms with van der Waals surface area (Å²) in [5.74, 6) is 0. The zero-order valence-corrected chi connectivity index (χ0v) is 15.3. The Balaban J connectivity index is 1.70. The summed E-state index contributed by atoms with van der Waals surface area (Å²) in [6.07, 6.45) is 1.54. The van der Waals surface area contributed by atoms with E-state index in [9.17, 15) is 0 Å². The summed E-state index contributed by atoms with van der Waals surface area (Å²) in [5.41, 5.74) is 8.93. The number of nitrogen functional groups attached to an aromatic ring is 1. The quantitative estimate of drug-likeness (QED) is 0.348. The zero-order valence-electron chi connectivity index (χ0n) is 12.9. The Bertz CT molecular complexity index is 1030. The molecule has 0 radical (unpaired) electrons. The summed E-state index contributed by atoms with van der Waals surface area (Å²) in [6, 6.07) is 18.2. The lowest BCUT2D eigenvalue weighted by Gasteiger charge is -2.11. The highest BCUT2D eigenvalue weighted by Crippen LogP contribution is 2.35. The average Bonchev–Trinajstić information content (AvgIpc) is 3.13. The summed E-state index contributed by atoms with van der Waals surface area (Å²) in [5, 5.41) is 3.73. The van der Waals surface area contributed by atoms with E-state index in [0.29, 0.717) is 10.7 Å². The molecule has 4 rings (SSSR count). The fraction of sp³-hybridized carbons (Fsp3) is 0. The van der Waals surface area contributed by atoms with Crippen LogP contribution in [0.15, 0.2) is 65.8 Å². The SMILES string of the molecule is Nc1cc(Cl)ccc1-c1cccc2cc(SNc3ncns3)ccc12. The van der Waals surface area contributed by atoms with E-state index in [1.165, 1.54) is 29.8 Å². The Kier molecular flexibility index (Phi) is 4.48. The summed E-state index contributed by atoms with van der Waals surface area (Å²) in [7, 11) is 0. The second-order valence-corrected chi connectivity index (χ2v) is 7.47. The molecule has 3 aromatic carbocycles. The van der Waals surface area contributed by atoms with Crippen LogP contribution in [0, 0.1) is 0 Å². The molecule has 0 bridgehead atoms. The van der Waals surface area contributed by atoms with Crippen LogP contribution >= 0.6 is 35.1 Å². The minimum atomic E-state index is 0.642. The van der Waals surface area contributed by atoms with Gasteiger partial charge in [-0.1, -0.05) is 41.9 Å². The van der Waals surface area contributed by atoms with Crippen LogP contribution in [0.5, 0.6) is 0 Å². The Morgan fingerprint density at radius 2 is 1.96 bits per heavy atom. The van der Waals surface area contributed by atoms with Crippen molar-refractivity contribution < 1.29 is 0 Å². The molecule has 124 valence electrons. The predicted molar refractivity (Wildman–Crippen MR) is 108 cm³/mol. The van der Waals surface area contributed by atoms with Gasteiger partial charge < -0.3 is 10.5 Å². The van der Waals surface area contributed by atoms with Crippen LogP contribution in [0.25, 0.3) is 21.9 Å². The highest BCUT2D eigenvalue weighted by Gasteiger charge is 2.08. The van der Waals surface area contributed by atoms with Gasteiger partial charge in [-0.05, 0) is 52.5 Å². The van der Waals surface area contributed by atoms with Gasteiger partial charge in [-0.2, -0.15) is 4.37 Å². The summed E-state index contributed by atoms with van der Waals surface area (Å²) >= 11 is 8.87. The molecule has 4 aromatic rings. The van der Waals surface area contributed by atoms with Gasteiger partial charge in [0.1, 0.15) is 6.33 Å². The number of rotatable bonds is 4. The van der Waals surface area contributed by atoms with Crippen molar-refractivity contribution in [2.45, 2.75) is 4.90 Å². The molecule has 4 nitrogen and oxygen atoms in total. The molecule has 7 heteroatoms. The molecule has 0 saturated carbocycles. The Hall–Kier alpha value is -2.28. The summed E-state index contributed by atoms with van der Waals surface area (Å²) in [4.78, 5) is 5.22. The standard InChI is InChI=1S/C18H13ClN4S2/c19-12-4-6-16(17(20)9-12)15-3-1-2-11-8-13(5-7-14(11)15)24-23-18-21-10-22-25-18/h1-10H,20H2,(H,21,22,23). The van der Waals surface area contributed by atoms with Gasteiger partial charge in [0.15, 0.2) is 0 Å². The lowest BCUT2D eigenvalue weighted by Crippen LogP contribution is -1.91. The number of halogens is 1. The molecule has 0 aliphatic heterocycles. The third-order valence-electron chi connectivity index (χ3n) is 3.77. The highest BCUT2D eigenvalue weighted by atomic mass is 35.5. The van der Waals surface area contributed by atoms with E-state index in [4.69, 9.17) is 17.3 Å². The number of aromatic nitrogens is 2. The molecule has 0 unspecified atom stereocenters. The fourth-order valence-corrected chi connectivity index (χ4v) is 3.98.